The van der Waals surface area contributed by atoms with Gasteiger partial charge in [-0.1, -0.05) is 23.8 Å². The molecule has 0 aromatic heterocycles. The molecule has 0 spiro atoms. The molecule has 1 aliphatic rings. The van der Waals surface area contributed by atoms with Crippen molar-refractivity contribution in [3.05, 3.63) is 59.4 Å². The van der Waals surface area contributed by atoms with E-state index in [2.05, 4.69) is 41.2 Å². The molecule has 0 atom stereocenters. The minimum Gasteiger partial charge on any atom is -0.496 e. The summed E-state index contributed by atoms with van der Waals surface area (Å²) in [7, 11) is 1.69. The highest BCUT2D eigenvalue weighted by Crippen LogP contribution is 2.30. The minimum absolute atomic E-state index is 0.485. The minimum atomic E-state index is 0.485. The van der Waals surface area contributed by atoms with Gasteiger partial charge in [0.25, 0.3) is 0 Å². The second-order valence-electron chi connectivity index (χ2n) is 3.99. The second-order valence-corrected chi connectivity index (χ2v) is 4.84. The lowest BCUT2D eigenvalue weighted by atomic mass is 9.90. The fourth-order valence-corrected chi connectivity index (χ4v) is 2.51. The molecule has 92 valence electrons. The van der Waals surface area contributed by atoms with Crippen LogP contribution in [0.2, 0.25) is 0 Å². The zero-order chi connectivity index (χ0) is 12.7. The molecule has 17 heavy (non-hydrogen) atoms. The van der Waals surface area contributed by atoms with Crippen LogP contribution in [0.1, 0.15) is 19.3 Å². The maximum atomic E-state index is 5.29. The molecule has 0 N–H and O–H groups in total. The number of ether oxygens (including phenoxy) is 1. The molecule has 0 amide bonds. The van der Waals surface area contributed by atoms with Crippen molar-refractivity contribution in [1.82, 2.24) is 0 Å². The van der Waals surface area contributed by atoms with Crippen molar-refractivity contribution in [3.63, 3.8) is 0 Å². The largest absolute Gasteiger partial charge is 0.496 e. The smallest absolute Gasteiger partial charge is 0.132 e. The third kappa shape index (κ3) is 4.04. The van der Waals surface area contributed by atoms with E-state index in [1.165, 1.54) is 5.57 Å². The van der Waals surface area contributed by atoms with Crippen molar-refractivity contribution in [3.8, 4) is 0 Å². The third-order valence-corrected chi connectivity index (χ3v) is 3.44. The summed E-state index contributed by atoms with van der Waals surface area (Å²) in [6, 6.07) is 0. The Balaban J connectivity index is 2.96. The fourth-order valence-electron chi connectivity index (χ4n) is 1.93. The van der Waals surface area contributed by atoms with Crippen LogP contribution in [0.15, 0.2) is 59.4 Å². The average molecular weight is 295 g/mol. The van der Waals surface area contributed by atoms with Crippen molar-refractivity contribution in [1.29, 1.82) is 0 Å². The summed E-state index contributed by atoms with van der Waals surface area (Å²) in [6.07, 6.45) is 13.2. The van der Waals surface area contributed by atoms with Crippen molar-refractivity contribution in [2.45, 2.75) is 19.3 Å². The predicted octanol–water partition coefficient (Wildman–Crippen LogP) is 4.89. The van der Waals surface area contributed by atoms with E-state index >= 15 is 0 Å². The van der Waals surface area contributed by atoms with Gasteiger partial charge >= 0.3 is 0 Å². The lowest BCUT2D eigenvalue weighted by molar-refractivity contribution is 0.306. The molecular formula is C15H19BrO. The van der Waals surface area contributed by atoms with Crippen LogP contribution in [0.25, 0.3) is 0 Å². The number of hydrogen-bond acceptors (Lipinski definition) is 1. The van der Waals surface area contributed by atoms with E-state index in [-0.39, 0.29) is 0 Å². The molecule has 0 bridgehead atoms. The normalized spacial score (nSPS) is 15.6. The highest BCUT2D eigenvalue weighted by atomic mass is 79.9. The first-order chi connectivity index (χ1) is 8.22. The fraction of sp³-hybridized carbons (Fsp3) is 0.333. The van der Waals surface area contributed by atoms with Crippen molar-refractivity contribution >= 4 is 15.9 Å². The van der Waals surface area contributed by atoms with Crippen LogP contribution in [0, 0.1) is 5.92 Å². The average Bonchev–Trinajstić information content (AvgIpc) is 2.50. The Hall–Kier alpha value is -1.02. The predicted molar refractivity (Wildman–Crippen MR) is 77.9 cm³/mol. The van der Waals surface area contributed by atoms with Crippen LogP contribution in [0.3, 0.4) is 0 Å². The van der Waals surface area contributed by atoms with Gasteiger partial charge in [0.2, 0.25) is 0 Å². The summed E-state index contributed by atoms with van der Waals surface area (Å²) in [6.45, 7) is 7.65. The Kier molecular flexibility index (Phi) is 6.06. The van der Waals surface area contributed by atoms with Gasteiger partial charge in [-0.05, 0) is 53.3 Å². The number of rotatable bonds is 6. The standard InChI is InChI=1S/C15H19BrO/c1-4-7-12(8-5-2)13-9-6-10-15(17-3)14(16)11-13/h4-6,10-12H,1-2,7-9H2,3H3. The second kappa shape index (κ2) is 7.33. The van der Waals surface area contributed by atoms with Crippen molar-refractivity contribution in [2.24, 2.45) is 5.92 Å². The highest BCUT2D eigenvalue weighted by Gasteiger charge is 2.13. The Labute approximate surface area is 112 Å². The molecule has 0 aliphatic heterocycles. The van der Waals surface area contributed by atoms with Gasteiger partial charge in [0.05, 0.1) is 11.6 Å². The quantitative estimate of drug-likeness (QED) is 0.634. The summed E-state index contributed by atoms with van der Waals surface area (Å²) < 4.78 is 6.29. The van der Waals surface area contributed by atoms with E-state index in [1.807, 2.05) is 18.2 Å². The van der Waals surface area contributed by atoms with Crippen molar-refractivity contribution < 1.29 is 4.74 Å². The van der Waals surface area contributed by atoms with Crippen LogP contribution < -0.4 is 0 Å². The van der Waals surface area contributed by atoms with E-state index in [1.54, 1.807) is 7.11 Å². The van der Waals surface area contributed by atoms with Gasteiger partial charge in [-0.15, -0.1) is 13.2 Å². The Morgan fingerprint density at radius 1 is 1.41 bits per heavy atom. The van der Waals surface area contributed by atoms with Crippen LogP contribution in [-0.2, 0) is 4.74 Å². The molecular weight excluding hydrogens is 276 g/mol. The molecule has 0 aromatic rings. The Bertz CT molecular complexity index is 364. The van der Waals surface area contributed by atoms with E-state index in [0.29, 0.717) is 5.92 Å². The molecule has 2 heteroatoms. The zero-order valence-electron chi connectivity index (χ0n) is 10.3. The molecule has 0 saturated carbocycles. The molecule has 1 aliphatic carbocycles. The first-order valence-electron chi connectivity index (χ1n) is 5.75. The molecule has 0 fully saturated rings. The summed E-state index contributed by atoms with van der Waals surface area (Å²) >= 11 is 3.55. The van der Waals surface area contributed by atoms with E-state index in [9.17, 15) is 0 Å². The van der Waals surface area contributed by atoms with E-state index in [4.69, 9.17) is 4.74 Å². The van der Waals surface area contributed by atoms with Gasteiger partial charge in [-0.25, -0.2) is 0 Å². The van der Waals surface area contributed by atoms with Crippen LogP contribution in [0.4, 0.5) is 0 Å². The SMILES string of the molecule is C=CCC(CC=C)C1=CC(Br)=C(OC)C=CC1. The number of hydrogen-bond donors (Lipinski definition) is 0. The topological polar surface area (TPSA) is 9.23 Å². The maximum Gasteiger partial charge on any atom is 0.132 e. The molecule has 0 saturated heterocycles. The summed E-state index contributed by atoms with van der Waals surface area (Å²) in [4.78, 5) is 0. The first-order valence-corrected chi connectivity index (χ1v) is 6.54. The van der Waals surface area contributed by atoms with Gasteiger partial charge in [0.15, 0.2) is 0 Å². The monoisotopic (exact) mass is 294 g/mol. The molecule has 0 radical (unpaired) electrons. The number of halogens is 1. The number of allylic oxidation sites excluding steroid dienone is 7. The highest BCUT2D eigenvalue weighted by molar-refractivity contribution is 9.11. The van der Waals surface area contributed by atoms with Gasteiger partial charge in [0.1, 0.15) is 5.76 Å². The third-order valence-electron chi connectivity index (χ3n) is 2.82. The van der Waals surface area contributed by atoms with Crippen LogP contribution >= 0.6 is 15.9 Å². The lowest BCUT2D eigenvalue weighted by Gasteiger charge is -2.16. The molecule has 0 heterocycles. The van der Waals surface area contributed by atoms with Gasteiger partial charge in [-0.2, -0.15) is 0 Å². The van der Waals surface area contributed by atoms with Crippen LogP contribution in [-0.4, -0.2) is 7.11 Å². The van der Waals surface area contributed by atoms with Gasteiger partial charge < -0.3 is 4.74 Å². The molecule has 1 rings (SSSR count). The zero-order valence-corrected chi connectivity index (χ0v) is 11.9. The number of methoxy groups -OCH3 is 1. The first kappa shape index (κ1) is 14.0. The molecule has 0 unspecified atom stereocenters. The summed E-state index contributed by atoms with van der Waals surface area (Å²) in [5.41, 5.74) is 1.39. The van der Waals surface area contributed by atoms with Crippen molar-refractivity contribution in [2.75, 3.05) is 7.11 Å². The van der Waals surface area contributed by atoms with Crippen LogP contribution in [0.5, 0.6) is 0 Å². The van der Waals surface area contributed by atoms with Gasteiger partial charge in [-0.3, -0.25) is 0 Å². The Morgan fingerprint density at radius 2 is 2.06 bits per heavy atom. The molecule has 1 nitrogen and oxygen atoms in total. The maximum absolute atomic E-state index is 5.29. The van der Waals surface area contributed by atoms with E-state index in [0.717, 1.165) is 29.5 Å². The van der Waals surface area contributed by atoms with E-state index < -0.39 is 0 Å². The molecule has 0 aromatic carbocycles. The Morgan fingerprint density at radius 3 is 2.59 bits per heavy atom. The lowest BCUT2D eigenvalue weighted by Crippen LogP contribution is -2.02. The summed E-state index contributed by atoms with van der Waals surface area (Å²) in [5.74, 6) is 1.36. The van der Waals surface area contributed by atoms with Gasteiger partial charge in [0, 0.05) is 0 Å². The summed E-state index contributed by atoms with van der Waals surface area (Å²) in [5, 5.41) is 0.